The summed E-state index contributed by atoms with van der Waals surface area (Å²) >= 11 is 0. The fourth-order valence-corrected chi connectivity index (χ4v) is 3.97. The molecule has 0 amide bonds. The molecule has 1 aliphatic carbocycles. The molecule has 1 aliphatic heterocycles. The molecule has 0 aromatic carbocycles. The maximum absolute atomic E-state index is 11.2. The van der Waals surface area contributed by atoms with Crippen LogP contribution in [0.2, 0.25) is 0 Å². The molecule has 4 nitrogen and oxygen atoms in total. The number of aliphatic hydroxyl groups excluding tert-OH is 1. The van der Waals surface area contributed by atoms with Gasteiger partial charge in [-0.25, -0.2) is 8.42 Å². The Morgan fingerprint density at radius 3 is 2.65 bits per heavy atom. The predicted molar refractivity (Wildman–Crippen MR) is 67.3 cm³/mol. The summed E-state index contributed by atoms with van der Waals surface area (Å²) in [5.74, 6) is 0.790. The lowest BCUT2D eigenvalue weighted by molar-refractivity contribution is 0.139. The van der Waals surface area contributed by atoms with Gasteiger partial charge in [0.15, 0.2) is 9.84 Å². The maximum Gasteiger partial charge on any atom is 0.173 e. The molecule has 0 aromatic rings. The van der Waals surface area contributed by atoms with E-state index in [1.165, 1.54) is 31.1 Å². The third kappa shape index (κ3) is 4.08. The molecule has 17 heavy (non-hydrogen) atoms. The Morgan fingerprint density at radius 2 is 2.06 bits per heavy atom. The second kappa shape index (κ2) is 5.50. The van der Waals surface area contributed by atoms with Gasteiger partial charge < -0.3 is 10.4 Å². The quantitative estimate of drug-likeness (QED) is 0.767. The molecule has 1 fully saturated rings. The average Bonchev–Trinajstić information content (AvgIpc) is 2.85. The lowest BCUT2D eigenvalue weighted by atomic mass is 10.00. The highest BCUT2D eigenvalue weighted by Gasteiger charge is 2.23. The summed E-state index contributed by atoms with van der Waals surface area (Å²) in [5.41, 5.74) is 0. The second-order valence-corrected chi connectivity index (χ2v) is 7.14. The topological polar surface area (TPSA) is 66.4 Å². The molecule has 2 rings (SSSR count). The van der Waals surface area contributed by atoms with Crippen LogP contribution < -0.4 is 5.32 Å². The smallest absolute Gasteiger partial charge is 0.173 e. The van der Waals surface area contributed by atoms with E-state index in [2.05, 4.69) is 5.32 Å². The Kier molecular flexibility index (Phi) is 4.22. The van der Waals surface area contributed by atoms with Gasteiger partial charge in [-0.3, -0.25) is 0 Å². The van der Waals surface area contributed by atoms with Crippen LogP contribution >= 0.6 is 0 Å². The van der Waals surface area contributed by atoms with E-state index < -0.39 is 9.84 Å². The molecular formula is C12H21NO3S. The molecule has 2 N–H and O–H groups in total. The summed E-state index contributed by atoms with van der Waals surface area (Å²) in [6.07, 6.45) is 7.19. The summed E-state index contributed by atoms with van der Waals surface area (Å²) in [6, 6.07) is -0.127. The molecule has 98 valence electrons. The van der Waals surface area contributed by atoms with Crippen LogP contribution in [0.5, 0.6) is 0 Å². The van der Waals surface area contributed by atoms with Crippen LogP contribution in [0.25, 0.3) is 0 Å². The number of rotatable bonds is 5. The van der Waals surface area contributed by atoms with Crippen molar-refractivity contribution >= 4 is 9.84 Å². The molecule has 1 saturated carbocycles. The number of nitrogens with one attached hydrogen (secondary N) is 1. The molecule has 0 bridgehead atoms. The molecule has 0 radical (unpaired) electrons. The number of hydrogen-bond donors (Lipinski definition) is 2. The molecule has 0 saturated heterocycles. The first-order valence-electron chi connectivity index (χ1n) is 6.37. The molecule has 1 heterocycles. The van der Waals surface area contributed by atoms with Crippen LogP contribution in [0.4, 0.5) is 0 Å². The fraction of sp³-hybridized carbons (Fsp3) is 0.833. The number of sulfone groups is 1. The monoisotopic (exact) mass is 259 g/mol. The zero-order valence-corrected chi connectivity index (χ0v) is 10.8. The predicted octanol–water partition coefficient (Wildman–Crippen LogP) is 0.828. The molecule has 5 heteroatoms. The Labute approximate surface area is 103 Å². The zero-order valence-electron chi connectivity index (χ0n) is 10.0. The van der Waals surface area contributed by atoms with Crippen LogP contribution in [0, 0.1) is 5.92 Å². The minimum absolute atomic E-state index is 0.127. The summed E-state index contributed by atoms with van der Waals surface area (Å²) in [5, 5.41) is 14.2. The van der Waals surface area contributed by atoms with Crippen molar-refractivity contribution in [2.75, 3.05) is 12.3 Å². The zero-order chi connectivity index (χ0) is 12.3. The van der Waals surface area contributed by atoms with E-state index in [0.29, 0.717) is 12.5 Å². The van der Waals surface area contributed by atoms with E-state index >= 15 is 0 Å². The SMILES string of the molecule is O=S1(=O)C=CC(NCC(O)CC2CCCC2)C1. The van der Waals surface area contributed by atoms with E-state index in [1.54, 1.807) is 6.08 Å². The van der Waals surface area contributed by atoms with E-state index in [1.807, 2.05) is 0 Å². The van der Waals surface area contributed by atoms with Crippen molar-refractivity contribution < 1.29 is 13.5 Å². The lowest BCUT2D eigenvalue weighted by Gasteiger charge is -2.17. The number of hydrogen-bond acceptors (Lipinski definition) is 4. The van der Waals surface area contributed by atoms with Gasteiger partial charge in [0.2, 0.25) is 0 Å². The van der Waals surface area contributed by atoms with Gasteiger partial charge in [0.1, 0.15) is 0 Å². The van der Waals surface area contributed by atoms with Crippen molar-refractivity contribution in [3.63, 3.8) is 0 Å². The lowest BCUT2D eigenvalue weighted by Crippen LogP contribution is -2.36. The fourth-order valence-electron chi connectivity index (χ4n) is 2.70. The van der Waals surface area contributed by atoms with E-state index in [0.717, 1.165) is 6.42 Å². The van der Waals surface area contributed by atoms with Gasteiger partial charge in [0.25, 0.3) is 0 Å². The standard InChI is InChI=1S/C12H21NO3S/c14-12(7-10-3-1-2-4-10)8-13-11-5-6-17(15,16)9-11/h5-6,10-14H,1-4,7-9H2. The van der Waals surface area contributed by atoms with E-state index in [4.69, 9.17) is 0 Å². The average molecular weight is 259 g/mol. The third-order valence-corrected chi connectivity index (χ3v) is 5.02. The Hall–Kier alpha value is -0.390. The summed E-state index contributed by atoms with van der Waals surface area (Å²) < 4.78 is 22.4. The van der Waals surface area contributed by atoms with Gasteiger partial charge in [0.05, 0.1) is 11.9 Å². The van der Waals surface area contributed by atoms with Crippen molar-refractivity contribution in [3.05, 3.63) is 11.5 Å². The van der Waals surface area contributed by atoms with Gasteiger partial charge >= 0.3 is 0 Å². The van der Waals surface area contributed by atoms with Crippen molar-refractivity contribution in [2.24, 2.45) is 5.92 Å². The maximum atomic E-state index is 11.2. The van der Waals surface area contributed by atoms with Crippen molar-refractivity contribution in [3.8, 4) is 0 Å². The largest absolute Gasteiger partial charge is 0.392 e. The van der Waals surface area contributed by atoms with Gasteiger partial charge in [-0.05, 0) is 12.3 Å². The van der Waals surface area contributed by atoms with Gasteiger partial charge in [-0.2, -0.15) is 0 Å². The Bertz CT molecular complexity index is 371. The molecule has 0 spiro atoms. The van der Waals surface area contributed by atoms with Crippen LogP contribution in [-0.2, 0) is 9.84 Å². The van der Waals surface area contributed by atoms with Gasteiger partial charge in [-0.15, -0.1) is 0 Å². The van der Waals surface area contributed by atoms with Gasteiger partial charge in [0, 0.05) is 18.0 Å². The first kappa shape index (κ1) is 13.1. The highest BCUT2D eigenvalue weighted by atomic mass is 32.2. The highest BCUT2D eigenvalue weighted by Crippen LogP contribution is 2.28. The molecule has 2 aliphatic rings. The molecule has 2 unspecified atom stereocenters. The van der Waals surface area contributed by atoms with E-state index in [-0.39, 0.29) is 17.9 Å². The van der Waals surface area contributed by atoms with Crippen LogP contribution in [0.15, 0.2) is 11.5 Å². The van der Waals surface area contributed by atoms with Crippen LogP contribution in [0.1, 0.15) is 32.1 Å². The van der Waals surface area contributed by atoms with Crippen LogP contribution in [0.3, 0.4) is 0 Å². The van der Waals surface area contributed by atoms with E-state index in [9.17, 15) is 13.5 Å². The minimum Gasteiger partial charge on any atom is -0.392 e. The van der Waals surface area contributed by atoms with Crippen molar-refractivity contribution in [1.82, 2.24) is 5.32 Å². The first-order valence-corrected chi connectivity index (χ1v) is 8.09. The van der Waals surface area contributed by atoms with Crippen LogP contribution in [-0.4, -0.2) is 38.0 Å². The molecule has 2 atom stereocenters. The van der Waals surface area contributed by atoms with Crippen molar-refractivity contribution in [2.45, 2.75) is 44.2 Å². The summed E-state index contributed by atoms with van der Waals surface area (Å²) in [7, 11) is -2.99. The first-order chi connectivity index (χ1) is 8.05. The molecular weight excluding hydrogens is 238 g/mol. The highest BCUT2D eigenvalue weighted by molar-refractivity contribution is 7.94. The normalized spacial score (nSPS) is 29.8. The van der Waals surface area contributed by atoms with Crippen molar-refractivity contribution in [1.29, 1.82) is 0 Å². The summed E-state index contributed by atoms with van der Waals surface area (Å²) in [6.45, 7) is 0.487. The van der Waals surface area contributed by atoms with Gasteiger partial charge in [-0.1, -0.05) is 31.8 Å². The number of aliphatic hydroxyl groups is 1. The Morgan fingerprint density at radius 1 is 1.35 bits per heavy atom. The Balaban J connectivity index is 1.66. The molecule has 0 aromatic heterocycles. The third-order valence-electron chi connectivity index (χ3n) is 3.63. The minimum atomic E-state index is -2.99. The summed E-state index contributed by atoms with van der Waals surface area (Å²) in [4.78, 5) is 0. The second-order valence-electron chi connectivity index (χ2n) is 5.21.